The molecule has 1 aliphatic heterocycles. The summed E-state index contributed by atoms with van der Waals surface area (Å²) in [6.45, 7) is 1.38. The van der Waals surface area contributed by atoms with Gasteiger partial charge in [0.15, 0.2) is 0 Å². The lowest BCUT2D eigenvalue weighted by molar-refractivity contribution is -0.144. The Morgan fingerprint density at radius 1 is 1.50 bits per heavy atom. The van der Waals surface area contributed by atoms with Crippen LogP contribution >= 0.6 is 15.9 Å². The molecule has 1 aromatic heterocycles. The van der Waals surface area contributed by atoms with E-state index in [1.165, 1.54) is 0 Å². The molecule has 2 rings (SSSR count). The Kier molecular flexibility index (Phi) is 5.08. The second kappa shape index (κ2) is 6.81. The largest absolute Gasteiger partial charge is 0.481 e. The van der Waals surface area contributed by atoms with Crippen molar-refractivity contribution in [1.29, 1.82) is 0 Å². The van der Waals surface area contributed by atoms with Crippen LogP contribution in [0.5, 0.6) is 0 Å². The fourth-order valence-corrected chi connectivity index (χ4v) is 2.47. The minimum atomic E-state index is -0.787. The molecule has 6 nitrogen and oxygen atoms in total. The zero-order valence-corrected chi connectivity index (χ0v) is 12.5. The lowest BCUT2D eigenvalue weighted by atomic mass is 9.98. The molecular formula is C13H16BrN3O3. The van der Waals surface area contributed by atoms with E-state index in [0.717, 1.165) is 17.4 Å². The summed E-state index contributed by atoms with van der Waals surface area (Å²) in [5, 5.41) is 11.7. The molecule has 1 fully saturated rings. The van der Waals surface area contributed by atoms with Crippen LogP contribution in [0.4, 0.5) is 5.82 Å². The van der Waals surface area contributed by atoms with E-state index in [9.17, 15) is 9.59 Å². The van der Waals surface area contributed by atoms with Gasteiger partial charge in [0.25, 0.3) is 0 Å². The molecule has 1 saturated heterocycles. The van der Waals surface area contributed by atoms with Gasteiger partial charge in [0, 0.05) is 17.2 Å². The summed E-state index contributed by atoms with van der Waals surface area (Å²) in [5.41, 5.74) is 0. The van der Waals surface area contributed by atoms with Crippen LogP contribution in [0.15, 0.2) is 22.8 Å². The van der Waals surface area contributed by atoms with E-state index < -0.39 is 5.97 Å². The quantitative estimate of drug-likeness (QED) is 0.868. The molecule has 0 spiro atoms. The van der Waals surface area contributed by atoms with Gasteiger partial charge in [0.2, 0.25) is 5.91 Å². The second-order valence-corrected chi connectivity index (χ2v) is 5.74. The molecule has 2 heterocycles. The maximum Gasteiger partial charge on any atom is 0.307 e. The van der Waals surface area contributed by atoms with Gasteiger partial charge in [-0.05, 0) is 47.4 Å². The molecule has 1 aliphatic rings. The molecular weight excluding hydrogens is 326 g/mol. The van der Waals surface area contributed by atoms with E-state index in [-0.39, 0.29) is 18.4 Å². The van der Waals surface area contributed by atoms with Crippen molar-refractivity contribution < 1.29 is 14.7 Å². The topological polar surface area (TPSA) is 82.5 Å². The summed E-state index contributed by atoms with van der Waals surface area (Å²) in [5.74, 6) is -0.845. The summed E-state index contributed by atoms with van der Waals surface area (Å²) in [6, 6.07) is 3.50. The average molecular weight is 342 g/mol. The number of halogens is 1. The molecule has 1 atom stereocenters. The standard InChI is InChI=1S/C13H16BrN3O3/c14-10-3-4-11(15-6-10)16-12(18)8-17-5-1-2-9(7-17)13(19)20/h3-4,6,9H,1-2,5,7-8H2,(H,19,20)(H,15,16,18)/t9-/m1/s1. The van der Waals surface area contributed by atoms with Crippen molar-refractivity contribution in [2.45, 2.75) is 12.8 Å². The van der Waals surface area contributed by atoms with Gasteiger partial charge in [-0.1, -0.05) is 0 Å². The third-order valence-electron chi connectivity index (χ3n) is 3.22. The Hall–Kier alpha value is -1.47. The first-order valence-corrected chi connectivity index (χ1v) is 7.20. The molecule has 2 N–H and O–H groups in total. The minimum absolute atomic E-state index is 0.175. The number of carboxylic acid groups (broad SMARTS) is 1. The average Bonchev–Trinajstić information content (AvgIpc) is 2.41. The summed E-state index contributed by atoms with van der Waals surface area (Å²) >= 11 is 3.27. The number of carbonyl (C=O) groups is 2. The Morgan fingerprint density at radius 2 is 2.30 bits per heavy atom. The first-order chi connectivity index (χ1) is 9.54. The van der Waals surface area contributed by atoms with Crippen LogP contribution in [-0.2, 0) is 9.59 Å². The Labute approximate surface area is 125 Å². The van der Waals surface area contributed by atoms with Crippen molar-refractivity contribution in [1.82, 2.24) is 9.88 Å². The van der Waals surface area contributed by atoms with Crippen LogP contribution in [0, 0.1) is 5.92 Å². The van der Waals surface area contributed by atoms with E-state index in [2.05, 4.69) is 26.2 Å². The number of nitrogens with zero attached hydrogens (tertiary/aromatic N) is 2. The molecule has 108 valence electrons. The molecule has 7 heteroatoms. The van der Waals surface area contributed by atoms with Crippen molar-refractivity contribution in [3.63, 3.8) is 0 Å². The number of amides is 1. The van der Waals surface area contributed by atoms with Crippen LogP contribution in [0.25, 0.3) is 0 Å². The molecule has 0 radical (unpaired) electrons. The smallest absolute Gasteiger partial charge is 0.307 e. The van der Waals surface area contributed by atoms with Crippen LogP contribution in [-0.4, -0.2) is 46.5 Å². The third-order valence-corrected chi connectivity index (χ3v) is 3.69. The molecule has 0 unspecified atom stereocenters. The number of nitrogens with one attached hydrogen (secondary N) is 1. The zero-order chi connectivity index (χ0) is 14.5. The molecule has 0 aliphatic carbocycles. The van der Waals surface area contributed by atoms with Gasteiger partial charge in [0.05, 0.1) is 12.5 Å². The van der Waals surface area contributed by atoms with E-state index >= 15 is 0 Å². The van der Waals surface area contributed by atoms with Gasteiger partial charge < -0.3 is 10.4 Å². The monoisotopic (exact) mass is 341 g/mol. The Balaban J connectivity index is 1.85. The van der Waals surface area contributed by atoms with E-state index in [4.69, 9.17) is 5.11 Å². The number of aliphatic carboxylic acids is 1. The zero-order valence-electron chi connectivity index (χ0n) is 10.9. The van der Waals surface area contributed by atoms with Crippen LogP contribution in [0.1, 0.15) is 12.8 Å². The van der Waals surface area contributed by atoms with E-state index in [1.807, 2.05) is 4.90 Å². The molecule has 0 aromatic carbocycles. The fourth-order valence-electron chi connectivity index (χ4n) is 2.24. The highest BCUT2D eigenvalue weighted by atomic mass is 79.9. The lowest BCUT2D eigenvalue weighted by Gasteiger charge is -2.29. The summed E-state index contributed by atoms with van der Waals surface area (Å²) < 4.78 is 0.843. The molecule has 0 bridgehead atoms. The minimum Gasteiger partial charge on any atom is -0.481 e. The first kappa shape index (κ1) is 14.9. The van der Waals surface area contributed by atoms with Crippen molar-refractivity contribution in [3.8, 4) is 0 Å². The Morgan fingerprint density at radius 3 is 2.95 bits per heavy atom. The number of carbonyl (C=O) groups excluding carboxylic acids is 1. The predicted octanol–water partition coefficient (Wildman–Crippen LogP) is 1.58. The normalized spacial score (nSPS) is 19.6. The second-order valence-electron chi connectivity index (χ2n) is 4.82. The van der Waals surface area contributed by atoms with Crippen LogP contribution < -0.4 is 5.32 Å². The summed E-state index contributed by atoms with van der Waals surface area (Å²) in [6.07, 6.45) is 3.10. The predicted molar refractivity (Wildman–Crippen MR) is 77.4 cm³/mol. The first-order valence-electron chi connectivity index (χ1n) is 6.41. The highest BCUT2D eigenvalue weighted by Gasteiger charge is 2.26. The van der Waals surface area contributed by atoms with Crippen molar-refractivity contribution in [2.75, 3.05) is 25.0 Å². The van der Waals surface area contributed by atoms with Crippen molar-refractivity contribution >= 4 is 33.6 Å². The number of piperidine rings is 1. The maximum absolute atomic E-state index is 11.9. The van der Waals surface area contributed by atoms with E-state index in [1.54, 1.807) is 18.3 Å². The van der Waals surface area contributed by atoms with Crippen LogP contribution in [0.2, 0.25) is 0 Å². The number of aromatic nitrogens is 1. The van der Waals surface area contributed by atoms with Crippen molar-refractivity contribution in [2.24, 2.45) is 5.92 Å². The maximum atomic E-state index is 11.9. The lowest BCUT2D eigenvalue weighted by Crippen LogP contribution is -2.42. The van der Waals surface area contributed by atoms with Crippen LogP contribution in [0.3, 0.4) is 0 Å². The highest BCUT2D eigenvalue weighted by molar-refractivity contribution is 9.10. The molecule has 1 amide bonds. The van der Waals surface area contributed by atoms with Gasteiger partial charge in [-0.15, -0.1) is 0 Å². The third kappa shape index (κ3) is 4.28. The van der Waals surface area contributed by atoms with E-state index in [0.29, 0.717) is 18.8 Å². The summed E-state index contributed by atoms with van der Waals surface area (Å²) in [7, 11) is 0. The molecule has 1 aromatic rings. The molecule has 0 saturated carbocycles. The van der Waals surface area contributed by atoms with Gasteiger partial charge in [-0.25, -0.2) is 4.98 Å². The number of likely N-dealkylation sites (tertiary alicyclic amines) is 1. The number of anilines is 1. The molecule has 20 heavy (non-hydrogen) atoms. The van der Waals surface area contributed by atoms with Gasteiger partial charge in [-0.2, -0.15) is 0 Å². The number of pyridine rings is 1. The number of rotatable bonds is 4. The SMILES string of the molecule is O=C(CN1CCC[C@@H](C(=O)O)C1)Nc1ccc(Br)cn1. The highest BCUT2D eigenvalue weighted by Crippen LogP contribution is 2.16. The number of hydrogen-bond acceptors (Lipinski definition) is 4. The fraction of sp³-hybridized carbons (Fsp3) is 0.462. The van der Waals surface area contributed by atoms with Gasteiger partial charge in [0.1, 0.15) is 5.82 Å². The van der Waals surface area contributed by atoms with Crippen molar-refractivity contribution in [3.05, 3.63) is 22.8 Å². The van der Waals surface area contributed by atoms with Gasteiger partial charge in [-0.3, -0.25) is 14.5 Å². The van der Waals surface area contributed by atoms with Gasteiger partial charge >= 0.3 is 5.97 Å². The number of hydrogen-bond donors (Lipinski definition) is 2. The number of carboxylic acids is 1. The Bertz CT molecular complexity index is 492. The summed E-state index contributed by atoms with van der Waals surface area (Å²) in [4.78, 5) is 28.8.